The molecule has 0 aliphatic rings. The Balaban J connectivity index is 1.76. The first kappa shape index (κ1) is 22.7. The zero-order valence-electron chi connectivity index (χ0n) is 18.6. The Kier molecular flexibility index (Phi) is 6.31. The Morgan fingerprint density at radius 2 is 1.77 bits per heavy atom. The average Bonchev–Trinajstić information content (AvgIpc) is 3.05. The molecule has 7 nitrogen and oxygen atoms in total. The molecule has 8 heteroatoms. The SMILES string of the molecule is CC(C)(C)OC(=O)Nc1nc2ccc(-c3cncc(COC(=O)C(C)(C)C)c3)cc2s1. The van der Waals surface area contributed by atoms with Crippen LogP contribution in [0.25, 0.3) is 21.3 Å². The number of hydrogen-bond donors (Lipinski definition) is 1. The normalized spacial score (nSPS) is 11.9. The first-order chi connectivity index (χ1) is 14.4. The van der Waals surface area contributed by atoms with E-state index in [1.807, 2.05) is 65.8 Å². The van der Waals surface area contributed by atoms with Crippen LogP contribution in [0.15, 0.2) is 36.7 Å². The van der Waals surface area contributed by atoms with Gasteiger partial charge in [0.25, 0.3) is 0 Å². The summed E-state index contributed by atoms with van der Waals surface area (Å²) < 4.78 is 11.6. The van der Waals surface area contributed by atoms with Crippen LogP contribution in [-0.4, -0.2) is 27.6 Å². The molecular formula is C23H27N3O4S. The fourth-order valence-electron chi connectivity index (χ4n) is 2.64. The second-order valence-electron chi connectivity index (χ2n) is 9.24. The smallest absolute Gasteiger partial charge is 0.413 e. The lowest BCUT2D eigenvalue weighted by atomic mass is 9.97. The van der Waals surface area contributed by atoms with Crippen molar-refractivity contribution in [1.82, 2.24) is 9.97 Å². The Bertz CT molecular complexity index is 1110. The molecular weight excluding hydrogens is 414 g/mol. The van der Waals surface area contributed by atoms with Gasteiger partial charge in [-0.2, -0.15) is 0 Å². The minimum atomic E-state index is -0.576. The number of carbonyl (C=O) groups excluding carboxylic acids is 2. The van der Waals surface area contributed by atoms with Crippen LogP contribution >= 0.6 is 11.3 Å². The van der Waals surface area contributed by atoms with Crippen LogP contribution in [0.3, 0.4) is 0 Å². The number of nitrogens with zero attached hydrogens (tertiary/aromatic N) is 2. The fourth-order valence-corrected chi connectivity index (χ4v) is 3.53. The summed E-state index contributed by atoms with van der Waals surface area (Å²) in [5, 5.41) is 3.16. The predicted molar refractivity (Wildman–Crippen MR) is 122 cm³/mol. The van der Waals surface area contributed by atoms with Gasteiger partial charge < -0.3 is 9.47 Å². The van der Waals surface area contributed by atoms with Crippen LogP contribution in [0, 0.1) is 5.41 Å². The minimum Gasteiger partial charge on any atom is -0.460 e. The van der Waals surface area contributed by atoms with E-state index in [9.17, 15) is 9.59 Å². The summed E-state index contributed by atoms with van der Waals surface area (Å²) in [6.07, 6.45) is 2.92. The van der Waals surface area contributed by atoms with Gasteiger partial charge in [-0.15, -0.1) is 0 Å². The molecule has 0 bridgehead atoms. The van der Waals surface area contributed by atoms with Crippen molar-refractivity contribution in [3.8, 4) is 11.1 Å². The van der Waals surface area contributed by atoms with Gasteiger partial charge in [-0.25, -0.2) is 9.78 Å². The van der Waals surface area contributed by atoms with Gasteiger partial charge in [-0.3, -0.25) is 15.1 Å². The topological polar surface area (TPSA) is 90.4 Å². The number of aromatic nitrogens is 2. The van der Waals surface area contributed by atoms with E-state index in [-0.39, 0.29) is 12.6 Å². The number of carbonyl (C=O) groups is 2. The van der Waals surface area contributed by atoms with E-state index >= 15 is 0 Å². The number of thiazole rings is 1. The second-order valence-corrected chi connectivity index (χ2v) is 10.3. The van der Waals surface area contributed by atoms with Crippen LogP contribution in [0.4, 0.5) is 9.93 Å². The molecule has 1 N–H and O–H groups in total. The molecule has 31 heavy (non-hydrogen) atoms. The second kappa shape index (κ2) is 8.63. The van der Waals surface area contributed by atoms with Crippen molar-refractivity contribution in [2.24, 2.45) is 5.41 Å². The third kappa shape index (κ3) is 6.24. The van der Waals surface area contributed by atoms with Gasteiger partial charge in [0.05, 0.1) is 15.6 Å². The average molecular weight is 442 g/mol. The molecule has 0 spiro atoms. The number of ether oxygens (including phenoxy) is 2. The zero-order valence-corrected chi connectivity index (χ0v) is 19.4. The summed E-state index contributed by atoms with van der Waals surface area (Å²) in [6.45, 7) is 11.1. The highest BCUT2D eigenvalue weighted by molar-refractivity contribution is 7.22. The van der Waals surface area contributed by atoms with E-state index in [2.05, 4.69) is 15.3 Å². The maximum absolute atomic E-state index is 12.0. The standard InChI is InChI=1S/C23H27N3O4S/c1-22(2,3)19(27)29-13-14-9-16(12-24-11-14)15-7-8-17-18(10-15)31-20(25-17)26-21(28)30-23(4,5)6/h7-12H,13H2,1-6H3,(H,25,26,28). The number of pyridine rings is 1. The van der Waals surface area contributed by atoms with Crippen molar-refractivity contribution in [1.29, 1.82) is 0 Å². The number of esters is 1. The Hall–Kier alpha value is -3.00. The maximum Gasteiger partial charge on any atom is 0.413 e. The predicted octanol–water partition coefficient (Wildman–Crippen LogP) is 5.79. The number of anilines is 1. The van der Waals surface area contributed by atoms with E-state index in [0.717, 1.165) is 26.9 Å². The first-order valence-corrected chi connectivity index (χ1v) is 10.7. The summed E-state index contributed by atoms with van der Waals surface area (Å²) in [4.78, 5) is 32.7. The van der Waals surface area contributed by atoms with Gasteiger partial charge in [0, 0.05) is 23.5 Å². The van der Waals surface area contributed by atoms with Gasteiger partial charge >= 0.3 is 12.1 Å². The summed E-state index contributed by atoms with van der Waals surface area (Å²) >= 11 is 1.37. The van der Waals surface area contributed by atoms with Crippen molar-refractivity contribution in [2.75, 3.05) is 5.32 Å². The molecule has 3 rings (SSSR count). The first-order valence-electron chi connectivity index (χ1n) is 9.93. The number of rotatable bonds is 4. The van der Waals surface area contributed by atoms with Crippen molar-refractivity contribution in [2.45, 2.75) is 53.8 Å². The highest BCUT2D eigenvalue weighted by Gasteiger charge is 2.23. The van der Waals surface area contributed by atoms with E-state index in [1.165, 1.54) is 11.3 Å². The van der Waals surface area contributed by atoms with Gasteiger partial charge in [0.15, 0.2) is 5.13 Å². The van der Waals surface area contributed by atoms with Gasteiger partial charge in [-0.1, -0.05) is 17.4 Å². The van der Waals surface area contributed by atoms with Crippen LogP contribution in [0.2, 0.25) is 0 Å². The van der Waals surface area contributed by atoms with Crippen LogP contribution in [0.5, 0.6) is 0 Å². The molecule has 0 saturated heterocycles. The molecule has 164 valence electrons. The number of hydrogen-bond acceptors (Lipinski definition) is 7. The molecule has 0 aliphatic heterocycles. The van der Waals surface area contributed by atoms with Crippen molar-refractivity contribution in [3.05, 3.63) is 42.2 Å². The van der Waals surface area contributed by atoms with Crippen molar-refractivity contribution >= 4 is 38.7 Å². The van der Waals surface area contributed by atoms with Crippen LogP contribution in [0.1, 0.15) is 47.1 Å². The summed E-state index contributed by atoms with van der Waals surface area (Å²) in [6, 6.07) is 7.79. The van der Waals surface area contributed by atoms with Gasteiger partial charge in [0.1, 0.15) is 12.2 Å². The minimum absolute atomic E-state index is 0.170. The zero-order chi connectivity index (χ0) is 22.8. The van der Waals surface area contributed by atoms with E-state index in [4.69, 9.17) is 9.47 Å². The molecule has 0 fully saturated rings. The molecule has 1 aromatic carbocycles. The highest BCUT2D eigenvalue weighted by Crippen LogP contribution is 2.31. The lowest BCUT2D eigenvalue weighted by Gasteiger charge is -2.18. The van der Waals surface area contributed by atoms with E-state index in [1.54, 1.807) is 12.4 Å². The molecule has 3 aromatic rings. The van der Waals surface area contributed by atoms with Crippen LogP contribution in [-0.2, 0) is 20.9 Å². The van der Waals surface area contributed by atoms with E-state index < -0.39 is 17.1 Å². The maximum atomic E-state index is 12.0. The van der Waals surface area contributed by atoms with Gasteiger partial charge in [0.2, 0.25) is 0 Å². The van der Waals surface area contributed by atoms with Crippen molar-refractivity contribution in [3.63, 3.8) is 0 Å². The molecule has 0 radical (unpaired) electrons. The molecule has 2 aromatic heterocycles. The monoisotopic (exact) mass is 441 g/mol. The van der Waals surface area contributed by atoms with Crippen LogP contribution < -0.4 is 5.32 Å². The lowest BCUT2D eigenvalue weighted by molar-refractivity contribution is -0.154. The molecule has 0 aliphatic carbocycles. The molecule has 0 saturated carbocycles. The number of benzene rings is 1. The lowest BCUT2D eigenvalue weighted by Crippen LogP contribution is -2.27. The highest BCUT2D eigenvalue weighted by atomic mass is 32.1. The molecule has 0 atom stereocenters. The summed E-state index contributed by atoms with van der Waals surface area (Å²) in [7, 11) is 0. The Morgan fingerprint density at radius 1 is 1.03 bits per heavy atom. The number of amides is 1. The van der Waals surface area contributed by atoms with Crippen molar-refractivity contribution < 1.29 is 19.1 Å². The summed E-state index contributed by atoms with van der Waals surface area (Å²) in [5.74, 6) is -0.256. The molecule has 1 amide bonds. The third-order valence-corrected chi connectivity index (χ3v) is 5.04. The quantitative estimate of drug-likeness (QED) is 0.515. The fraction of sp³-hybridized carbons (Fsp3) is 0.391. The molecule has 0 unspecified atom stereocenters. The van der Waals surface area contributed by atoms with E-state index in [0.29, 0.717) is 5.13 Å². The number of nitrogens with one attached hydrogen (secondary N) is 1. The Morgan fingerprint density at radius 3 is 2.45 bits per heavy atom. The largest absolute Gasteiger partial charge is 0.460 e. The third-order valence-electron chi connectivity index (χ3n) is 4.11. The summed E-state index contributed by atoms with van der Waals surface area (Å²) in [5.41, 5.74) is 2.33. The van der Waals surface area contributed by atoms with Gasteiger partial charge in [-0.05, 0) is 65.3 Å². The molecule has 2 heterocycles. The number of fused-ring (bicyclic) bond motifs is 1. The Labute approximate surface area is 185 Å².